The molecule has 3 N–H and O–H groups in total. The summed E-state index contributed by atoms with van der Waals surface area (Å²) < 4.78 is 1.39. The third-order valence-corrected chi connectivity index (χ3v) is 4.43. The summed E-state index contributed by atoms with van der Waals surface area (Å²) in [6.07, 6.45) is 0. The van der Waals surface area contributed by atoms with Gasteiger partial charge in [-0.3, -0.25) is 19.1 Å². The van der Waals surface area contributed by atoms with Crippen LogP contribution >= 0.6 is 11.6 Å². The van der Waals surface area contributed by atoms with Crippen molar-refractivity contribution in [2.75, 3.05) is 17.7 Å². The van der Waals surface area contributed by atoms with Crippen molar-refractivity contribution >= 4 is 40.8 Å². The summed E-state index contributed by atoms with van der Waals surface area (Å²) in [5.74, 6) is -0.733. The molecule has 0 aliphatic carbocycles. The first-order chi connectivity index (χ1) is 13.9. The standard InChI is InChI=1S/C20H18ClN5O3/c1-22-18(27)12-7-9-13(10-8-12)23-20(29)16-11-17(26(2)25-16)24-19(28)14-5-3-4-6-15(14)21/h3-11H,1-2H3,(H,22,27)(H,23,29)(H,24,28). The van der Waals surface area contributed by atoms with E-state index in [0.717, 1.165) is 0 Å². The van der Waals surface area contributed by atoms with Crippen molar-refractivity contribution in [2.24, 2.45) is 7.05 Å². The van der Waals surface area contributed by atoms with Gasteiger partial charge in [0.05, 0.1) is 10.6 Å². The molecule has 0 aliphatic rings. The van der Waals surface area contributed by atoms with E-state index < -0.39 is 11.8 Å². The average molecular weight is 412 g/mol. The lowest BCUT2D eigenvalue weighted by molar-refractivity contribution is 0.0961. The number of carbonyl (C=O) groups excluding carboxylic acids is 3. The van der Waals surface area contributed by atoms with Crippen LogP contribution in [0.15, 0.2) is 54.6 Å². The first kappa shape index (κ1) is 20.1. The summed E-state index contributed by atoms with van der Waals surface area (Å²) in [5, 5.41) is 12.4. The molecule has 0 atom stereocenters. The summed E-state index contributed by atoms with van der Waals surface area (Å²) in [7, 11) is 3.15. The van der Waals surface area contributed by atoms with Crippen LogP contribution in [0.4, 0.5) is 11.5 Å². The van der Waals surface area contributed by atoms with Crippen LogP contribution in [0.5, 0.6) is 0 Å². The van der Waals surface area contributed by atoms with Crippen molar-refractivity contribution in [3.8, 4) is 0 Å². The van der Waals surface area contributed by atoms with Crippen molar-refractivity contribution in [2.45, 2.75) is 0 Å². The van der Waals surface area contributed by atoms with E-state index in [9.17, 15) is 14.4 Å². The van der Waals surface area contributed by atoms with Gasteiger partial charge in [0.15, 0.2) is 5.69 Å². The van der Waals surface area contributed by atoms with Crippen LogP contribution in [-0.4, -0.2) is 34.5 Å². The van der Waals surface area contributed by atoms with Gasteiger partial charge in [0.2, 0.25) is 0 Å². The molecule has 0 unspecified atom stereocenters. The zero-order chi connectivity index (χ0) is 21.0. The molecule has 2 aromatic carbocycles. The highest BCUT2D eigenvalue weighted by atomic mass is 35.5. The van der Waals surface area contributed by atoms with Crippen molar-refractivity contribution < 1.29 is 14.4 Å². The minimum atomic E-state index is -0.452. The Labute approximate surface area is 171 Å². The predicted molar refractivity (Wildman–Crippen MR) is 110 cm³/mol. The van der Waals surface area contributed by atoms with Crippen LogP contribution < -0.4 is 16.0 Å². The smallest absolute Gasteiger partial charge is 0.276 e. The van der Waals surface area contributed by atoms with Gasteiger partial charge in [0, 0.05) is 31.4 Å². The van der Waals surface area contributed by atoms with E-state index in [-0.39, 0.29) is 11.6 Å². The maximum absolute atomic E-state index is 12.5. The average Bonchev–Trinajstić information content (AvgIpc) is 3.08. The van der Waals surface area contributed by atoms with E-state index in [1.807, 2.05) is 0 Å². The minimum absolute atomic E-state index is 0.123. The van der Waals surface area contributed by atoms with Crippen molar-refractivity contribution in [3.05, 3.63) is 76.4 Å². The molecule has 0 spiro atoms. The molecular formula is C20H18ClN5O3. The van der Waals surface area contributed by atoms with Crippen LogP contribution in [0.25, 0.3) is 0 Å². The molecule has 0 saturated heterocycles. The fraction of sp³-hybridized carbons (Fsp3) is 0.100. The lowest BCUT2D eigenvalue weighted by atomic mass is 10.2. The maximum atomic E-state index is 12.5. The molecule has 0 saturated carbocycles. The number of aromatic nitrogens is 2. The third kappa shape index (κ3) is 4.61. The van der Waals surface area contributed by atoms with Crippen LogP contribution in [0, 0.1) is 0 Å². The van der Waals surface area contributed by atoms with Crippen molar-refractivity contribution in [1.82, 2.24) is 15.1 Å². The van der Waals surface area contributed by atoms with Gasteiger partial charge in [-0.05, 0) is 36.4 Å². The molecule has 3 rings (SSSR count). The molecule has 0 bridgehead atoms. The molecule has 0 fully saturated rings. The fourth-order valence-corrected chi connectivity index (χ4v) is 2.79. The number of anilines is 2. The molecule has 29 heavy (non-hydrogen) atoms. The van der Waals surface area contributed by atoms with Crippen LogP contribution in [0.1, 0.15) is 31.2 Å². The number of halogens is 1. The third-order valence-electron chi connectivity index (χ3n) is 4.10. The second kappa shape index (κ2) is 8.57. The Bertz CT molecular complexity index is 1080. The van der Waals surface area contributed by atoms with E-state index >= 15 is 0 Å². The summed E-state index contributed by atoms with van der Waals surface area (Å²) in [6, 6.07) is 14.5. The molecule has 9 heteroatoms. The van der Waals surface area contributed by atoms with Crippen molar-refractivity contribution in [3.63, 3.8) is 0 Å². The lowest BCUT2D eigenvalue weighted by Gasteiger charge is -2.06. The molecular weight excluding hydrogens is 394 g/mol. The van der Waals surface area contributed by atoms with Crippen LogP contribution in [0.2, 0.25) is 5.02 Å². The van der Waals surface area contributed by atoms with Gasteiger partial charge in [-0.2, -0.15) is 5.10 Å². The van der Waals surface area contributed by atoms with Gasteiger partial charge < -0.3 is 16.0 Å². The van der Waals surface area contributed by atoms with Gasteiger partial charge in [0.1, 0.15) is 5.82 Å². The van der Waals surface area contributed by atoms with E-state index in [0.29, 0.717) is 27.7 Å². The number of benzene rings is 2. The highest BCUT2D eigenvalue weighted by Gasteiger charge is 2.17. The van der Waals surface area contributed by atoms with Crippen LogP contribution in [-0.2, 0) is 7.05 Å². The molecule has 0 aliphatic heterocycles. The Balaban J connectivity index is 1.71. The second-order valence-electron chi connectivity index (χ2n) is 6.08. The number of aryl methyl sites for hydroxylation is 1. The Morgan fingerprint density at radius 1 is 0.931 bits per heavy atom. The van der Waals surface area contributed by atoms with Gasteiger partial charge >= 0.3 is 0 Å². The number of carbonyl (C=O) groups is 3. The Kier molecular flexibility index (Phi) is 5.94. The van der Waals surface area contributed by atoms with E-state index in [4.69, 9.17) is 11.6 Å². The van der Waals surface area contributed by atoms with Gasteiger partial charge in [-0.15, -0.1) is 0 Å². The molecule has 3 amide bonds. The second-order valence-corrected chi connectivity index (χ2v) is 6.49. The van der Waals surface area contributed by atoms with E-state index in [1.54, 1.807) is 62.6 Å². The lowest BCUT2D eigenvalue weighted by Crippen LogP contribution is -2.18. The number of hydrogen-bond donors (Lipinski definition) is 3. The number of hydrogen-bond acceptors (Lipinski definition) is 4. The Morgan fingerprint density at radius 3 is 2.28 bits per heavy atom. The normalized spacial score (nSPS) is 10.3. The van der Waals surface area contributed by atoms with Crippen molar-refractivity contribution in [1.29, 1.82) is 0 Å². The molecule has 1 heterocycles. The number of nitrogens with zero attached hydrogens (tertiary/aromatic N) is 2. The SMILES string of the molecule is CNC(=O)c1ccc(NC(=O)c2cc(NC(=O)c3ccccc3Cl)n(C)n2)cc1. The van der Waals surface area contributed by atoms with E-state index in [2.05, 4.69) is 21.0 Å². The largest absolute Gasteiger partial charge is 0.355 e. The highest BCUT2D eigenvalue weighted by Crippen LogP contribution is 2.18. The summed E-state index contributed by atoms with van der Waals surface area (Å²) in [6.45, 7) is 0. The Hall–Kier alpha value is -3.65. The summed E-state index contributed by atoms with van der Waals surface area (Å²) >= 11 is 6.04. The summed E-state index contributed by atoms with van der Waals surface area (Å²) in [4.78, 5) is 36.4. The maximum Gasteiger partial charge on any atom is 0.276 e. The number of rotatable bonds is 5. The fourth-order valence-electron chi connectivity index (χ4n) is 2.57. The summed E-state index contributed by atoms with van der Waals surface area (Å²) in [5.41, 5.74) is 1.43. The number of nitrogens with one attached hydrogen (secondary N) is 3. The van der Waals surface area contributed by atoms with Gasteiger partial charge in [-0.1, -0.05) is 23.7 Å². The predicted octanol–water partition coefficient (Wildman–Crippen LogP) is 2.94. The minimum Gasteiger partial charge on any atom is -0.355 e. The van der Waals surface area contributed by atoms with Gasteiger partial charge in [-0.25, -0.2) is 0 Å². The quantitative estimate of drug-likeness (QED) is 0.600. The molecule has 1 aromatic heterocycles. The van der Waals surface area contributed by atoms with Gasteiger partial charge in [0.25, 0.3) is 17.7 Å². The zero-order valence-corrected chi connectivity index (χ0v) is 16.4. The zero-order valence-electron chi connectivity index (χ0n) is 15.7. The Morgan fingerprint density at radius 2 is 1.62 bits per heavy atom. The van der Waals surface area contributed by atoms with Crippen LogP contribution in [0.3, 0.4) is 0 Å². The monoisotopic (exact) mass is 411 g/mol. The topological polar surface area (TPSA) is 105 Å². The molecule has 3 aromatic rings. The van der Waals surface area contributed by atoms with E-state index in [1.165, 1.54) is 10.7 Å². The molecule has 8 nitrogen and oxygen atoms in total. The first-order valence-electron chi connectivity index (χ1n) is 8.62. The highest BCUT2D eigenvalue weighted by molar-refractivity contribution is 6.34. The number of amides is 3. The molecule has 0 radical (unpaired) electrons. The first-order valence-corrected chi connectivity index (χ1v) is 9.00. The molecule has 148 valence electrons.